The maximum atomic E-state index is 11.1. The summed E-state index contributed by atoms with van der Waals surface area (Å²) in [5.74, 6) is 0.921. The lowest BCUT2D eigenvalue weighted by Gasteiger charge is -2.22. The largest absolute Gasteiger partial charge is 0.357 e. The summed E-state index contributed by atoms with van der Waals surface area (Å²) in [5, 5.41) is 3.92. The normalized spacial score (nSPS) is 12.3. The van der Waals surface area contributed by atoms with E-state index in [9.17, 15) is 8.42 Å². The fraction of sp³-hybridized carbons (Fsp3) is 0.533. The van der Waals surface area contributed by atoms with E-state index in [0.29, 0.717) is 24.5 Å². The number of halogens is 1. The van der Waals surface area contributed by atoms with E-state index in [2.05, 4.69) is 10.3 Å². The minimum Gasteiger partial charge on any atom is -0.357 e. The molecule has 124 valence electrons. The van der Waals surface area contributed by atoms with E-state index in [1.54, 1.807) is 0 Å². The average molecular weight is 346 g/mol. The first-order valence-corrected chi connectivity index (χ1v) is 9.67. The molecule has 1 rings (SSSR count). The number of benzene rings is 1. The van der Waals surface area contributed by atoms with Gasteiger partial charge in [-0.15, -0.1) is 0 Å². The smallest absolute Gasteiger partial charge is 0.193 e. The minimum atomic E-state index is -2.93. The summed E-state index contributed by atoms with van der Waals surface area (Å²) in [4.78, 5) is 6.46. The molecule has 0 unspecified atom stereocenters. The molecular formula is C15H24ClN3O2S. The molecule has 0 atom stereocenters. The van der Waals surface area contributed by atoms with Crippen LogP contribution in [-0.4, -0.2) is 51.4 Å². The topological polar surface area (TPSA) is 61.8 Å². The van der Waals surface area contributed by atoms with E-state index in [4.69, 9.17) is 11.6 Å². The van der Waals surface area contributed by atoms with Gasteiger partial charge in [0, 0.05) is 38.0 Å². The Bertz CT molecular complexity index is 603. The van der Waals surface area contributed by atoms with Crippen molar-refractivity contribution in [2.45, 2.75) is 19.9 Å². The van der Waals surface area contributed by atoms with Gasteiger partial charge in [-0.1, -0.05) is 23.7 Å². The molecule has 0 spiro atoms. The van der Waals surface area contributed by atoms with Gasteiger partial charge in [-0.2, -0.15) is 0 Å². The fourth-order valence-electron chi connectivity index (χ4n) is 1.97. The number of nitrogens with zero attached hydrogens (tertiary/aromatic N) is 2. The Morgan fingerprint density at radius 2 is 2.14 bits per heavy atom. The van der Waals surface area contributed by atoms with Crippen molar-refractivity contribution in [1.29, 1.82) is 0 Å². The average Bonchev–Trinajstić information content (AvgIpc) is 2.41. The number of guanidine groups is 1. The molecule has 7 heteroatoms. The molecule has 1 aromatic carbocycles. The second kappa shape index (κ2) is 9.00. The van der Waals surface area contributed by atoms with Crippen molar-refractivity contribution < 1.29 is 8.42 Å². The summed E-state index contributed by atoms with van der Waals surface area (Å²) in [6.07, 6.45) is 1.77. The van der Waals surface area contributed by atoms with Gasteiger partial charge in [-0.25, -0.2) is 8.42 Å². The van der Waals surface area contributed by atoms with E-state index in [0.717, 1.165) is 18.1 Å². The highest BCUT2D eigenvalue weighted by Gasteiger charge is 2.07. The van der Waals surface area contributed by atoms with Crippen LogP contribution in [0.2, 0.25) is 5.02 Å². The van der Waals surface area contributed by atoms with Crippen molar-refractivity contribution in [3.05, 3.63) is 34.9 Å². The molecule has 1 aromatic rings. The molecule has 0 aromatic heterocycles. The SMILES string of the molecule is CCNC(=NCCCS(C)(=O)=O)N(C)Cc1cccc(Cl)c1. The Hall–Kier alpha value is -1.27. The first kappa shape index (κ1) is 18.8. The molecule has 0 aliphatic heterocycles. The van der Waals surface area contributed by atoms with E-state index in [1.165, 1.54) is 6.26 Å². The van der Waals surface area contributed by atoms with Crippen LogP contribution in [0.4, 0.5) is 0 Å². The lowest BCUT2D eigenvalue weighted by atomic mass is 10.2. The standard InChI is InChI=1S/C15H24ClN3O2S/c1-4-17-15(18-9-6-10-22(3,20)21)19(2)12-13-7-5-8-14(16)11-13/h5,7-8,11H,4,6,9-10,12H2,1-3H3,(H,17,18). The Balaban J connectivity index is 2.64. The monoisotopic (exact) mass is 345 g/mol. The van der Waals surface area contributed by atoms with Crippen molar-refractivity contribution in [3.8, 4) is 0 Å². The van der Waals surface area contributed by atoms with Crippen LogP contribution in [0.15, 0.2) is 29.3 Å². The zero-order chi connectivity index (χ0) is 16.6. The van der Waals surface area contributed by atoms with Gasteiger partial charge in [0.15, 0.2) is 5.96 Å². The minimum absolute atomic E-state index is 0.161. The van der Waals surface area contributed by atoms with Crippen LogP contribution in [0, 0.1) is 0 Å². The zero-order valence-corrected chi connectivity index (χ0v) is 14.9. The number of hydrogen-bond donors (Lipinski definition) is 1. The van der Waals surface area contributed by atoms with Gasteiger partial charge in [0.05, 0.1) is 5.75 Å². The molecule has 0 aliphatic carbocycles. The Morgan fingerprint density at radius 3 is 2.73 bits per heavy atom. The van der Waals surface area contributed by atoms with Gasteiger partial charge in [0.25, 0.3) is 0 Å². The third kappa shape index (κ3) is 7.66. The van der Waals surface area contributed by atoms with E-state index < -0.39 is 9.84 Å². The van der Waals surface area contributed by atoms with Crippen LogP contribution < -0.4 is 5.32 Å². The molecule has 1 N–H and O–H groups in total. The van der Waals surface area contributed by atoms with Gasteiger partial charge in [-0.3, -0.25) is 4.99 Å². The van der Waals surface area contributed by atoms with Gasteiger partial charge in [0.1, 0.15) is 9.84 Å². The molecule has 22 heavy (non-hydrogen) atoms. The quantitative estimate of drug-likeness (QED) is 0.467. The molecule has 0 aliphatic rings. The summed E-state index contributed by atoms with van der Waals surface area (Å²) >= 11 is 5.99. The Labute approximate surface area is 138 Å². The Kier molecular flexibility index (Phi) is 7.68. The number of nitrogens with one attached hydrogen (secondary N) is 1. The van der Waals surface area contributed by atoms with Crippen molar-refractivity contribution in [1.82, 2.24) is 10.2 Å². The molecule has 0 radical (unpaired) electrons. The van der Waals surface area contributed by atoms with E-state index >= 15 is 0 Å². The molecule has 0 saturated carbocycles. The predicted octanol–water partition coefficient (Wildman–Crippen LogP) is 2.17. The number of hydrogen-bond acceptors (Lipinski definition) is 3. The molecular weight excluding hydrogens is 322 g/mol. The van der Waals surface area contributed by atoms with Crippen LogP contribution in [0.1, 0.15) is 18.9 Å². The summed E-state index contributed by atoms with van der Waals surface area (Å²) < 4.78 is 22.2. The van der Waals surface area contributed by atoms with Gasteiger partial charge in [0.2, 0.25) is 0 Å². The second-order valence-electron chi connectivity index (χ2n) is 5.21. The molecule has 5 nitrogen and oxygen atoms in total. The fourth-order valence-corrected chi connectivity index (χ4v) is 2.83. The molecule has 0 amide bonds. The van der Waals surface area contributed by atoms with Crippen LogP contribution >= 0.6 is 11.6 Å². The maximum Gasteiger partial charge on any atom is 0.193 e. The van der Waals surface area contributed by atoms with Crippen molar-refractivity contribution in [2.24, 2.45) is 4.99 Å². The summed E-state index contributed by atoms with van der Waals surface area (Å²) in [7, 11) is -0.982. The number of aliphatic imine (C=N–C) groups is 1. The third-order valence-electron chi connectivity index (χ3n) is 2.94. The second-order valence-corrected chi connectivity index (χ2v) is 7.90. The summed E-state index contributed by atoms with van der Waals surface area (Å²) in [6.45, 7) is 3.91. The van der Waals surface area contributed by atoms with Crippen molar-refractivity contribution >= 4 is 27.4 Å². The van der Waals surface area contributed by atoms with Crippen molar-refractivity contribution in [2.75, 3.05) is 32.1 Å². The maximum absolute atomic E-state index is 11.1. The van der Waals surface area contributed by atoms with Crippen LogP contribution in [0.3, 0.4) is 0 Å². The highest BCUT2D eigenvalue weighted by molar-refractivity contribution is 7.90. The summed E-state index contributed by atoms with van der Waals surface area (Å²) in [6, 6.07) is 7.69. The first-order valence-electron chi connectivity index (χ1n) is 7.23. The predicted molar refractivity (Wildman–Crippen MR) is 93.2 cm³/mol. The molecule has 0 fully saturated rings. The molecule has 0 heterocycles. The lowest BCUT2D eigenvalue weighted by Crippen LogP contribution is -2.38. The molecule has 0 bridgehead atoms. The van der Waals surface area contributed by atoms with Crippen LogP contribution in [0.25, 0.3) is 0 Å². The molecule has 0 saturated heterocycles. The highest BCUT2D eigenvalue weighted by Crippen LogP contribution is 2.12. The third-order valence-corrected chi connectivity index (χ3v) is 4.21. The van der Waals surface area contributed by atoms with Gasteiger partial charge < -0.3 is 10.2 Å². The number of sulfone groups is 1. The zero-order valence-electron chi connectivity index (χ0n) is 13.3. The van der Waals surface area contributed by atoms with Gasteiger partial charge in [-0.05, 0) is 31.0 Å². The first-order chi connectivity index (χ1) is 10.3. The van der Waals surface area contributed by atoms with Gasteiger partial charge >= 0.3 is 0 Å². The van der Waals surface area contributed by atoms with E-state index in [-0.39, 0.29) is 5.75 Å². The summed E-state index contributed by atoms with van der Waals surface area (Å²) in [5.41, 5.74) is 1.09. The van der Waals surface area contributed by atoms with E-state index in [1.807, 2.05) is 43.1 Å². The van der Waals surface area contributed by atoms with Crippen molar-refractivity contribution in [3.63, 3.8) is 0 Å². The highest BCUT2D eigenvalue weighted by atomic mass is 35.5. The lowest BCUT2D eigenvalue weighted by molar-refractivity contribution is 0.477. The Morgan fingerprint density at radius 1 is 1.41 bits per heavy atom. The van der Waals surface area contributed by atoms with Crippen LogP contribution in [0.5, 0.6) is 0 Å². The van der Waals surface area contributed by atoms with Crippen LogP contribution in [-0.2, 0) is 16.4 Å². The number of rotatable bonds is 7.